The highest BCUT2D eigenvalue weighted by atomic mass is 16.2. The van der Waals surface area contributed by atoms with E-state index in [9.17, 15) is 9.59 Å². The Bertz CT molecular complexity index is 337. The van der Waals surface area contributed by atoms with E-state index in [0.717, 1.165) is 25.8 Å². The van der Waals surface area contributed by atoms with Crippen LogP contribution in [0.5, 0.6) is 0 Å². The largest absolute Gasteiger partial charge is 0.356 e. The van der Waals surface area contributed by atoms with E-state index in [1.54, 1.807) is 0 Å². The molecule has 1 heterocycles. The van der Waals surface area contributed by atoms with Crippen molar-refractivity contribution in [3.8, 4) is 0 Å². The summed E-state index contributed by atoms with van der Waals surface area (Å²) in [7, 11) is 4.06. The van der Waals surface area contributed by atoms with E-state index in [1.165, 1.54) is 6.42 Å². The molecule has 18 heavy (non-hydrogen) atoms. The number of hydrogen-bond donors (Lipinski definition) is 2. The molecule has 5 nitrogen and oxygen atoms in total. The maximum Gasteiger partial charge on any atom is 0.224 e. The van der Waals surface area contributed by atoms with Crippen LogP contribution in [-0.2, 0) is 9.59 Å². The summed E-state index contributed by atoms with van der Waals surface area (Å²) >= 11 is 0. The molecule has 1 saturated carbocycles. The summed E-state index contributed by atoms with van der Waals surface area (Å²) in [6.07, 6.45) is 4.38. The van der Waals surface area contributed by atoms with Crippen molar-refractivity contribution in [2.45, 2.75) is 37.6 Å². The number of likely N-dealkylation sites (N-methyl/N-ethyl adjacent to an activating group) is 1. The Balaban J connectivity index is 1.91. The first-order valence-electron chi connectivity index (χ1n) is 6.74. The minimum Gasteiger partial charge on any atom is -0.356 e. The highest BCUT2D eigenvalue weighted by Crippen LogP contribution is 2.33. The number of hydrogen-bond acceptors (Lipinski definition) is 3. The number of amides is 2. The molecule has 2 aliphatic rings. The molecule has 2 rings (SSSR count). The minimum atomic E-state index is -0.140. The van der Waals surface area contributed by atoms with Crippen molar-refractivity contribution in [1.29, 1.82) is 0 Å². The van der Waals surface area contributed by atoms with Crippen molar-refractivity contribution in [3.05, 3.63) is 0 Å². The molecule has 5 heteroatoms. The summed E-state index contributed by atoms with van der Waals surface area (Å²) in [6, 6.07) is 0. The first-order valence-corrected chi connectivity index (χ1v) is 6.74. The van der Waals surface area contributed by atoms with Gasteiger partial charge >= 0.3 is 0 Å². The zero-order chi connectivity index (χ0) is 13.2. The van der Waals surface area contributed by atoms with Gasteiger partial charge in [0.25, 0.3) is 0 Å². The Labute approximate surface area is 108 Å². The molecule has 1 atom stereocenters. The lowest BCUT2D eigenvalue weighted by molar-refractivity contribution is -0.134. The topological polar surface area (TPSA) is 61.4 Å². The average molecular weight is 253 g/mol. The fourth-order valence-corrected chi connectivity index (χ4v) is 2.90. The highest BCUT2D eigenvalue weighted by molar-refractivity contribution is 5.87. The molecular weight excluding hydrogens is 230 g/mol. The van der Waals surface area contributed by atoms with Crippen LogP contribution in [0.25, 0.3) is 0 Å². The van der Waals surface area contributed by atoms with Crippen LogP contribution in [0.1, 0.15) is 32.1 Å². The van der Waals surface area contributed by atoms with Gasteiger partial charge < -0.3 is 15.5 Å². The zero-order valence-corrected chi connectivity index (χ0v) is 11.3. The van der Waals surface area contributed by atoms with Crippen LogP contribution in [0.2, 0.25) is 0 Å². The highest BCUT2D eigenvalue weighted by Gasteiger charge is 2.40. The second kappa shape index (κ2) is 5.26. The Hall–Kier alpha value is -1.10. The van der Waals surface area contributed by atoms with Gasteiger partial charge in [-0.2, -0.15) is 0 Å². The van der Waals surface area contributed by atoms with Crippen molar-refractivity contribution >= 4 is 11.8 Å². The summed E-state index contributed by atoms with van der Waals surface area (Å²) < 4.78 is 0. The van der Waals surface area contributed by atoms with E-state index in [0.29, 0.717) is 13.0 Å². The third-order valence-electron chi connectivity index (χ3n) is 3.94. The molecule has 0 spiro atoms. The van der Waals surface area contributed by atoms with Gasteiger partial charge in [0.2, 0.25) is 11.8 Å². The third kappa shape index (κ3) is 3.02. The van der Waals surface area contributed by atoms with Crippen molar-refractivity contribution in [2.24, 2.45) is 5.92 Å². The first kappa shape index (κ1) is 13.3. The normalized spacial score (nSPS) is 26.4. The van der Waals surface area contributed by atoms with Crippen molar-refractivity contribution in [3.63, 3.8) is 0 Å². The van der Waals surface area contributed by atoms with Gasteiger partial charge in [-0.25, -0.2) is 0 Å². The maximum absolute atomic E-state index is 12.2. The summed E-state index contributed by atoms with van der Waals surface area (Å²) in [5.41, 5.74) is -0.0471. The number of carbonyl (C=O) groups excluding carboxylic acids is 2. The Morgan fingerprint density at radius 3 is 2.72 bits per heavy atom. The fraction of sp³-hybridized carbons (Fsp3) is 0.846. The second-order valence-corrected chi connectivity index (χ2v) is 5.90. The van der Waals surface area contributed by atoms with Crippen LogP contribution in [0.3, 0.4) is 0 Å². The van der Waals surface area contributed by atoms with Crippen molar-refractivity contribution in [2.75, 3.05) is 27.2 Å². The number of nitrogens with one attached hydrogen (secondary N) is 2. The standard InChI is InChI=1S/C13H23N3O2/c1-16(2)9-13(5-3-6-13)15-12(18)10-4-7-14-11(17)8-10/h10H,3-9H2,1-2H3,(H,14,17)(H,15,18). The Kier molecular flexibility index (Phi) is 3.90. The molecule has 1 unspecified atom stereocenters. The van der Waals surface area contributed by atoms with Crippen LogP contribution in [0.15, 0.2) is 0 Å². The molecule has 0 radical (unpaired) electrons. The lowest BCUT2D eigenvalue weighted by Gasteiger charge is -2.45. The van der Waals surface area contributed by atoms with E-state index in [1.807, 2.05) is 14.1 Å². The predicted molar refractivity (Wildman–Crippen MR) is 69.0 cm³/mol. The molecule has 0 bridgehead atoms. The van der Waals surface area contributed by atoms with Gasteiger partial charge in [0, 0.05) is 25.4 Å². The van der Waals surface area contributed by atoms with Crippen LogP contribution in [0.4, 0.5) is 0 Å². The monoisotopic (exact) mass is 253 g/mol. The summed E-state index contributed by atoms with van der Waals surface area (Å²) in [5, 5.41) is 5.95. The van der Waals surface area contributed by atoms with E-state index in [-0.39, 0.29) is 23.3 Å². The van der Waals surface area contributed by atoms with Gasteiger partial charge in [-0.1, -0.05) is 0 Å². The lowest BCUT2D eigenvalue weighted by Crippen LogP contribution is -2.60. The Morgan fingerprint density at radius 1 is 1.50 bits per heavy atom. The molecule has 1 aliphatic carbocycles. The average Bonchev–Trinajstić information content (AvgIpc) is 2.25. The number of piperidine rings is 1. The van der Waals surface area contributed by atoms with Gasteiger partial charge in [0.05, 0.1) is 5.54 Å². The second-order valence-electron chi connectivity index (χ2n) is 5.90. The van der Waals surface area contributed by atoms with Crippen molar-refractivity contribution in [1.82, 2.24) is 15.5 Å². The lowest BCUT2D eigenvalue weighted by atomic mass is 9.75. The van der Waals surface area contributed by atoms with Gasteiger partial charge in [0.1, 0.15) is 0 Å². The molecule has 2 fully saturated rings. The SMILES string of the molecule is CN(C)CC1(NC(=O)C2CCNC(=O)C2)CCC1. The molecule has 1 aliphatic heterocycles. The third-order valence-corrected chi connectivity index (χ3v) is 3.94. The molecule has 0 aromatic rings. The van der Waals surface area contributed by atoms with Gasteiger partial charge in [0.15, 0.2) is 0 Å². The van der Waals surface area contributed by atoms with Gasteiger partial charge in [-0.3, -0.25) is 9.59 Å². The number of nitrogens with zero attached hydrogens (tertiary/aromatic N) is 1. The van der Waals surface area contributed by atoms with Gasteiger partial charge in [-0.15, -0.1) is 0 Å². The molecule has 0 aromatic carbocycles. The number of rotatable bonds is 4. The summed E-state index contributed by atoms with van der Waals surface area (Å²) in [6.45, 7) is 1.51. The van der Waals surface area contributed by atoms with E-state index < -0.39 is 0 Å². The zero-order valence-electron chi connectivity index (χ0n) is 11.3. The molecular formula is C13H23N3O2. The minimum absolute atomic E-state index is 0.00308. The van der Waals surface area contributed by atoms with E-state index in [4.69, 9.17) is 0 Å². The van der Waals surface area contributed by atoms with Crippen LogP contribution in [-0.4, -0.2) is 49.4 Å². The molecule has 102 valence electrons. The molecule has 2 N–H and O–H groups in total. The van der Waals surface area contributed by atoms with Gasteiger partial charge in [-0.05, 0) is 39.8 Å². The molecule has 2 amide bonds. The quantitative estimate of drug-likeness (QED) is 0.748. The van der Waals surface area contributed by atoms with Crippen LogP contribution in [0, 0.1) is 5.92 Å². The number of carbonyl (C=O) groups is 2. The van der Waals surface area contributed by atoms with Crippen LogP contribution >= 0.6 is 0 Å². The summed E-state index contributed by atoms with van der Waals surface area (Å²) in [5.74, 6) is -0.0820. The van der Waals surface area contributed by atoms with Crippen LogP contribution < -0.4 is 10.6 Å². The maximum atomic E-state index is 12.2. The fourth-order valence-electron chi connectivity index (χ4n) is 2.90. The Morgan fingerprint density at radius 2 is 2.22 bits per heavy atom. The van der Waals surface area contributed by atoms with E-state index in [2.05, 4.69) is 15.5 Å². The van der Waals surface area contributed by atoms with E-state index >= 15 is 0 Å². The smallest absolute Gasteiger partial charge is 0.224 e. The van der Waals surface area contributed by atoms with Crippen molar-refractivity contribution < 1.29 is 9.59 Å². The molecule has 0 aromatic heterocycles. The first-order chi connectivity index (χ1) is 8.51. The molecule has 1 saturated heterocycles. The predicted octanol–water partition coefficient (Wildman–Crippen LogP) is 0.113. The summed E-state index contributed by atoms with van der Waals surface area (Å²) in [4.78, 5) is 25.6.